The standard InChI is InChI=1S/C16H26N2/c1-12-8-9-14(10-13(12)2)11-16(18-17)15-6-4-3-5-7-15/h8-10,15-16,18H,3-7,11,17H2,1-2H3. The van der Waals surface area contributed by atoms with Gasteiger partial charge in [-0.3, -0.25) is 11.3 Å². The van der Waals surface area contributed by atoms with Gasteiger partial charge in [0.2, 0.25) is 0 Å². The van der Waals surface area contributed by atoms with E-state index < -0.39 is 0 Å². The molecule has 1 aliphatic rings. The summed E-state index contributed by atoms with van der Waals surface area (Å²) >= 11 is 0. The first-order valence-electron chi connectivity index (χ1n) is 7.23. The molecule has 1 unspecified atom stereocenters. The third kappa shape index (κ3) is 3.33. The summed E-state index contributed by atoms with van der Waals surface area (Å²) < 4.78 is 0. The highest BCUT2D eigenvalue weighted by atomic mass is 15.2. The van der Waals surface area contributed by atoms with Crippen LogP contribution < -0.4 is 11.3 Å². The van der Waals surface area contributed by atoms with E-state index in [-0.39, 0.29) is 0 Å². The Morgan fingerprint density at radius 1 is 1.17 bits per heavy atom. The molecule has 0 amide bonds. The highest BCUT2D eigenvalue weighted by Crippen LogP contribution is 2.28. The van der Waals surface area contributed by atoms with E-state index in [0.717, 1.165) is 12.3 Å². The zero-order chi connectivity index (χ0) is 13.0. The number of rotatable bonds is 4. The summed E-state index contributed by atoms with van der Waals surface area (Å²) in [7, 11) is 0. The topological polar surface area (TPSA) is 38.0 Å². The van der Waals surface area contributed by atoms with Crippen molar-refractivity contribution in [2.45, 2.75) is 58.4 Å². The van der Waals surface area contributed by atoms with Gasteiger partial charge in [0.15, 0.2) is 0 Å². The van der Waals surface area contributed by atoms with Gasteiger partial charge in [-0.2, -0.15) is 0 Å². The summed E-state index contributed by atoms with van der Waals surface area (Å²) in [6, 6.07) is 7.21. The first kappa shape index (κ1) is 13.6. The molecule has 1 aliphatic carbocycles. The van der Waals surface area contributed by atoms with Crippen molar-refractivity contribution >= 4 is 0 Å². The van der Waals surface area contributed by atoms with Gasteiger partial charge < -0.3 is 0 Å². The second-order valence-corrected chi connectivity index (χ2v) is 5.79. The minimum Gasteiger partial charge on any atom is -0.271 e. The molecule has 0 aliphatic heterocycles. The number of nitrogens with two attached hydrogens (primary N) is 1. The summed E-state index contributed by atoms with van der Waals surface area (Å²) in [5.74, 6) is 6.52. The molecule has 2 rings (SSSR count). The SMILES string of the molecule is Cc1ccc(CC(NN)C2CCCCC2)cc1C. The molecule has 18 heavy (non-hydrogen) atoms. The largest absolute Gasteiger partial charge is 0.271 e. The predicted octanol–water partition coefficient (Wildman–Crippen LogP) is 3.26. The quantitative estimate of drug-likeness (QED) is 0.632. The molecule has 0 aromatic heterocycles. The van der Waals surface area contributed by atoms with E-state index in [1.807, 2.05) is 0 Å². The highest BCUT2D eigenvalue weighted by Gasteiger charge is 2.22. The zero-order valence-corrected chi connectivity index (χ0v) is 11.7. The van der Waals surface area contributed by atoms with E-state index in [1.54, 1.807) is 0 Å². The maximum absolute atomic E-state index is 5.77. The van der Waals surface area contributed by atoms with E-state index in [9.17, 15) is 0 Å². The number of aryl methyl sites for hydroxylation is 2. The highest BCUT2D eigenvalue weighted by molar-refractivity contribution is 5.30. The van der Waals surface area contributed by atoms with Crippen molar-refractivity contribution in [3.63, 3.8) is 0 Å². The van der Waals surface area contributed by atoms with E-state index in [0.29, 0.717) is 6.04 Å². The number of nitrogens with one attached hydrogen (secondary N) is 1. The Kier molecular flexibility index (Phi) is 4.79. The molecule has 0 spiro atoms. The second kappa shape index (κ2) is 6.35. The lowest BCUT2D eigenvalue weighted by Crippen LogP contribution is -2.43. The van der Waals surface area contributed by atoms with Crippen molar-refractivity contribution in [2.24, 2.45) is 11.8 Å². The molecule has 3 N–H and O–H groups in total. The van der Waals surface area contributed by atoms with E-state index in [2.05, 4.69) is 37.5 Å². The molecule has 1 saturated carbocycles. The summed E-state index contributed by atoms with van der Waals surface area (Å²) in [5.41, 5.74) is 7.21. The maximum Gasteiger partial charge on any atom is 0.0279 e. The van der Waals surface area contributed by atoms with Crippen molar-refractivity contribution in [2.75, 3.05) is 0 Å². The Hall–Kier alpha value is -0.860. The van der Waals surface area contributed by atoms with Crippen LogP contribution in [0, 0.1) is 19.8 Å². The van der Waals surface area contributed by atoms with Crippen LogP contribution in [0.1, 0.15) is 48.8 Å². The fraction of sp³-hybridized carbons (Fsp3) is 0.625. The van der Waals surface area contributed by atoms with E-state index in [1.165, 1.54) is 48.8 Å². The van der Waals surface area contributed by atoms with Crippen LogP contribution in [0.3, 0.4) is 0 Å². The van der Waals surface area contributed by atoms with Gasteiger partial charge in [0.1, 0.15) is 0 Å². The second-order valence-electron chi connectivity index (χ2n) is 5.79. The number of hydrogen-bond acceptors (Lipinski definition) is 2. The van der Waals surface area contributed by atoms with Gasteiger partial charge in [0.05, 0.1) is 0 Å². The number of benzene rings is 1. The summed E-state index contributed by atoms with van der Waals surface area (Å²) in [4.78, 5) is 0. The van der Waals surface area contributed by atoms with Crippen LogP contribution in [0.25, 0.3) is 0 Å². The molecule has 0 radical (unpaired) electrons. The Labute approximate surface area is 111 Å². The molecule has 0 saturated heterocycles. The fourth-order valence-electron chi connectivity index (χ4n) is 3.08. The lowest BCUT2D eigenvalue weighted by atomic mass is 9.81. The van der Waals surface area contributed by atoms with Crippen LogP contribution in [-0.2, 0) is 6.42 Å². The van der Waals surface area contributed by atoms with Crippen molar-refractivity contribution in [3.8, 4) is 0 Å². The van der Waals surface area contributed by atoms with Crippen molar-refractivity contribution < 1.29 is 0 Å². The van der Waals surface area contributed by atoms with Crippen LogP contribution in [0.5, 0.6) is 0 Å². The van der Waals surface area contributed by atoms with Gasteiger partial charge in [-0.1, -0.05) is 37.5 Å². The molecule has 1 aromatic rings. The van der Waals surface area contributed by atoms with Crippen molar-refractivity contribution in [1.82, 2.24) is 5.43 Å². The molecule has 1 fully saturated rings. The van der Waals surface area contributed by atoms with Crippen molar-refractivity contribution in [1.29, 1.82) is 0 Å². The van der Waals surface area contributed by atoms with Crippen LogP contribution >= 0.6 is 0 Å². The molecule has 100 valence electrons. The van der Waals surface area contributed by atoms with Crippen LogP contribution in [0.2, 0.25) is 0 Å². The van der Waals surface area contributed by atoms with Crippen LogP contribution in [0.4, 0.5) is 0 Å². The number of hydrazine groups is 1. The Morgan fingerprint density at radius 2 is 1.89 bits per heavy atom. The van der Waals surface area contributed by atoms with E-state index in [4.69, 9.17) is 5.84 Å². The first-order valence-corrected chi connectivity index (χ1v) is 7.23. The average Bonchev–Trinajstić information content (AvgIpc) is 2.41. The third-order valence-corrected chi connectivity index (χ3v) is 4.46. The van der Waals surface area contributed by atoms with Gasteiger partial charge in [0.25, 0.3) is 0 Å². The minimum atomic E-state index is 0.437. The molecule has 2 heteroatoms. The molecule has 2 nitrogen and oxygen atoms in total. The normalized spacial score (nSPS) is 18.8. The fourth-order valence-corrected chi connectivity index (χ4v) is 3.08. The van der Waals surface area contributed by atoms with Gasteiger partial charge >= 0.3 is 0 Å². The zero-order valence-electron chi connectivity index (χ0n) is 11.7. The monoisotopic (exact) mass is 246 g/mol. The lowest BCUT2D eigenvalue weighted by molar-refractivity contribution is 0.268. The molecule has 1 aromatic carbocycles. The molecular weight excluding hydrogens is 220 g/mol. The average molecular weight is 246 g/mol. The molecule has 0 bridgehead atoms. The van der Waals surface area contributed by atoms with Crippen LogP contribution in [0.15, 0.2) is 18.2 Å². The molecular formula is C16H26N2. The Morgan fingerprint density at radius 3 is 2.50 bits per heavy atom. The van der Waals surface area contributed by atoms with Gasteiger partial charge in [-0.15, -0.1) is 0 Å². The lowest BCUT2D eigenvalue weighted by Gasteiger charge is -2.30. The van der Waals surface area contributed by atoms with Gasteiger partial charge in [-0.25, -0.2) is 0 Å². The van der Waals surface area contributed by atoms with Crippen LogP contribution in [-0.4, -0.2) is 6.04 Å². The minimum absolute atomic E-state index is 0.437. The maximum atomic E-state index is 5.77. The van der Waals surface area contributed by atoms with Gasteiger partial charge in [0, 0.05) is 6.04 Å². The third-order valence-electron chi connectivity index (χ3n) is 4.46. The summed E-state index contributed by atoms with van der Waals surface area (Å²) in [5, 5.41) is 0. The molecule has 0 heterocycles. The Bertz CT molecular complexity index is 381. The van der Waals surface area contributed by atoms with Crippen molar-refractivity contribution in [3.05, 3.63) is 34.9 Å². The smallest absolute Gasteiger partial charge is 0.0279 e. The van der Waals surface area contributed by atoms with Gasteiger partial charge in [-0.05, 0) is 55.7 Å². The Balaban J connectivity index is 2.02. The first-order chi connectivity index (χ1) is 8.70. The van der Waals surface area contributed by atoms with E-state index >= 15 is 0 Å². The molecule has 1 atom stereocenters. The number of hydrogen-bond donors (Lipinski definition) is 2. The summed E-state index contributed by atoms with van der Waals surface area (Å²) in [6.45, 7) is 4.35. The summed E-state index contributed by atoms with van der Waals surface area (Å²) in [6.07, 6.45) is 7.87. The predicted molar refractivity (Wildman–Crippen MR) is 77.3 cm³/mol.